The Morgan fingerprint density at radius 2 is 1.92 bits per heavy atom. The van der Waals surface area contributed by atoms with Gasteiger partial charge in [-0.25, -0.2) is 8.42 Å². The van der Waals surface area contributed by atoms with Crippen LogP contribution in [0.25, 0.3) is 0 Å². The molecule has 1 unspecified atom stereocenters. The maximum Gasteiger partial charge on any atom is 0.516 e. The first-order chi connectivity index (χ1) is 10.9. The van der Waals surface area contributed by atoms with Crippen LogP contribution in [0.15, 0.2) is 24.3 Å². The highest BCUT2D eigenvalue weighted by Gasteiger charge is 2.46. The summed E-state index contributed by atoms with van der Waals surface area (Å²) in [7, 11) is -9.10. The van der Waals surface area contributed by atoms with Crippen LogP contribution in [0.1, 0.15) is 18.9 Å². The van der Waals surface area contributed by atoms with Gasteiger partial charge in [0.15, 0.2) is 0 Å². The van der Waals surface area contributed by atoms with E-state index in [0.717, 1.165) is 10.4 Å². The number of hydrogen-bond donors (Lipinski definition) is 1. The number of nitrogens with one attached hydrogen (secondary N) is 1. The number of halogens is 3. The molecule has 6 nitrogen and oxygen atoms in total. The molecule has 0 saturated carbocycles. The summed E-state index contributed by atoms with van der Waals surface area (Å²) in [6.07, 6.45) is 0.635. The monoisotopic (exact) mass is 386 g/mol. The first-order valence-corrected chi connectivity index (χ1v) is 10.2. The van der Waals surface area contributed by atoms with Crippen molar-refractivity contribution in [3.05, 3.63) is 29.8 Å². The fourth-order valence-electron chi connectivity index (χ4n) is 2.38. The van der Waals surface area contributed by atoms with Gasteiger partial charge in [-0.05, 0) is 24.0 Å². The van der Waals surface area contributed by atoms with Gasteiger partial charge in [-0.1, -0.05) is 25.1 Å². The molecule has 0 aliphatic carbocycles. The lowest BCUT2D eigenvalue weighted by molar-refractivity contribution is -0.0429. The van der Waals surface area contributed by atoms with Crippen LogP contribution in [-0.2, 0) is 26.6 Å². The fraction of sp³-hybridized carbons (Fsp3) is 0.538. The van der Waals surface area contributed by atoms with Crippen LogP contribution in [0.4, 0.5) is 18.9 Å². The third kappa shape index (κ3) is 4.19. The van der Waals surface area contributed by atoms with Crippen LogP contribution < -0.4 is 4.72 Å². The highest BCUT2D eigenvalue weighted by atomic mass is 32.2. The van der Waals surface area contributed by atoms with Crippen LogP contribution in [0.5, 0.6) is 0 Å². The Balaban J connectivity index is 2.27. The molecule has 1 aromatic carbocycles. The Kier molecular flexibility index (Phi) is 5.17. The van der Waals surface area contributed by atoms with E-state index < -0.39 is 25.6 Å². The van der Waals surface area contributed by atoms with Crippen molar-refractivity contribution in [2.24, 2.45) is 5.92 Å². The largest absolute Gasteiger partial charge is 0.516 e. The molecule has 0 bridgehead atoms. The van der Waals surface area contributed by atoms with Gasteiger partial charge in [-0.3, -0.25) is 4.72 Å². The van der Waals surface area contributed by atoms with E-state index in [1.54, 1.807) is 6.92 Å². The number of benzene rings is 1. The van der Waals surface area contributed by atoms with Gasteiger partial charge in [0.1, 0.15) is 0 Å². The maximum absolute atomic E-state index is 12.5. The molecule has 1 atom stereocenters. The molecule has 1 fully saturated rings. The van der Waals surface area contributed by atoms with Gasteiger partial charge in [0.05, 0.1) is 11.4 Å². The van der Waals surface area contributed by atoms with E-state index in [4.69, 9.17) is 0 Å². The van der Waals surface area contributed by atoms with Crippen molar-refractivity contribution in [3.63, 3.8) is 0 Å². The first-order valence-electron chi connectivity index (χ1n) is 7.07. The van der Waals surface area contributed by atoms with Gasteiger partial charge in [-0.2, -0.15) is 25.9 Å². The van der Waals surface area contributed by atoms with Crippen LogP contribution in [0.2, 0.25) is 0 Å². The molecule has 11 heteroatoms. The number of anilines is 1. The van der Waals surface area contributed by atoms with Crippen LogP contribution in [0, 0.1) is 5.92 Å². The molecule has 24 heavy (non-hydrogen) atoms. The van der Waals surface area contributed by atoms with E-state index in [2.05, 4.69) is 0 Å². The summed E-state index contributed by atoms with van der Waals surface area (Å²) in [6, 6.07) is 5.42. The van der Waals surface area contributed by atoms with Gasteiger partial charge in [-0.15, -0.1) is 0 Å². The molecule has 1 saturated heterocycles. The topological polar surface area (TPSA) is 83.6 Å². The van der Waals surface area contributed by atoms with Gasteiger partial charge < -0.3 is 0 Å². The molecule has 1 aliphatic heterocycles. The predicted octanol–water partition coefficient (Wildman–Crippen LogP) is 2.12. The molecule has 136 valence electrons. The Labute approximate surface area is 138 Å². The second-order valence-electron chi connectivity index (χ2n) is 5.71. The second-order valence-corrected chi connectivity index (χ2v) is 9.40. The Hall–Kier alpha value is -1.33. The van der Waals surface area contributed by atoms with Gasteiger partial charge in [0.2, 0.25) is 10.0 Å². The van der Waals surface area contributed by atoms with Crippen molar-refractivity contribution >= 4 is 25.7 Å². The Bertz CT molecular complexity index is 807. The summed E-state index contributed by atoms with van der Waals surface area (Å²) in [5.74, 6) is -0.0334. The fourth-order valence-corrected chi connectivity index (χ4v) is 4.80. The zero-order valence-corrected chi connectivity index (χ0v) is 14.4. The molecular weight excluding hydrogens is 369 g/mol. The quantitative estimate of drug-likeness (QED) is 0.859. The molecule has 2 rings (SSSR count). The molecule has 0 radical (unpaired) electrons. The molecule has 0 aromatic heterocycles. The van der Waals surface area contributed by atoms with E-state index in [-0.39, 0.29) is 36.0 Å². The molecule has 0 spiro atoms. The van der Waals surface area contributed by atoms with E-state index in [1.807, 2.05) is 0 Å². The first kappa shape index (κ1) is 19.0. The predicted molar refractivity (Wildman–Crippen MR) is 83.0 cm³/mol. The van der Waals surface area contributed by atoms with E-state index in [9.17, 15) is 30.0 Å². The van der Waals surface area contributed by atoms with Gasteiger partial charge in [0, 0.05) is 13.1 Å². The van der Waals surface area contributed by atoms with E-state index >= 15 is 0 Å². The minimum absolute atomic E-state index is 0.00484. The SMILES string of the molecule is CC1CCN(Cc2ccccc2NS(=O)(=O)C(F)(F)F)S(=O)(=O)C1. The Morgan fingerprint density at radius 1 is 1.29 bits per heavy atom. The third-order valence-corrected chi connectivity index (χ3v) is 6.86. The smallest absolute Gasteiger partial charge is 0.276 e. The third-order valence-electron chi connectivity index (χ3n) is 3.67. The zero-order chi connectivity index (χ0) is 18.2. The molecule has 1 aromatic rings. The number of rotatable bonds is 4. The zero-order valence-electron chi connectivity index (χ0n) is 12.7. The van der Waals surface area contributed by atoms with E-state index in [0.29, 0.717) is 6.42 Å². The second kappa shape index (κ2) is 6.52. The lowest BCUT2D eigenvalue weighted by atomic mass is 10.1. The normalized spacial score (nSPS) is 22.2. The standard InChI is InChI=1S/C13H17F3N2O4S2/c1-10-6-7-18(23(19,20)9-10)8-11-4-2-3-5-12(11)17-24(21,22)13(14,15)16/h2-5,10,17H,6-9H2,1H3. The summed E-state index contributed by atoms with van der Waals surface area (Å²) in [5.41, 5.74) is -5.58. The van der Waals surface area contributed by atoms with Crippen LogP contribution in [-0.4, -0.2) is 38.9 Å². The van der Waals surface area contributed by atoms with Gasteiger partial charge >= 0.3 is 15.5 Å². The molecule has 1 heterocycles. The number of alkyl halides is 3. The number of sulfonamides is 2. The van der Waals surface area contributed by atoms with Crippen LogP contribution >= 0.6 is 0 Å². The molecule has 1 N–H and O–H groups in total. The highest BCUT2D eigenvalue weighted by Crippen LogP contribution is 2.29. The number of para-hydroxylation sites is 1. The highest BCUT2D eigenvalue weighted by molar-refractivity contribution is 7.93. The van der Waals surface area contributed by atoms with Crippen molar-refractivity contribution in [3.8, 4) is 0 Å². The summed E-state index contributed by atoms with van der Waals surface area (Å²) in [4.78, 5) is 0. The number of hydrogen-bond acceptors (Lipinski definition) is 4. The van der Waals surface area contributed by atoms with Gasteiger partial charge in [0.25, 0.3) is 0 Å². The number of nitrogens with zero attached hydrogens (tertiary/aromatic N) is 1. The summed E-state index contributed by atoms with van der Waals surface area (Å²) in [5, 5.41) is 0. The summed E-state index contributed by atoms with van der Waals surface area (Å²) < 4.78 is 87.1. The van der Waals surface area contributed by atoms with Crippen LogP contribution in [0.3, 0.4) is 0 Å². The lowest BCUT2D eigenvalue weighted by Crippen LogP contribution is -2.40. The van der Waals surface area contributed by atoms with Crippen molar-refractivity contribution in [2.75, 3.05) is 17.0 Å². The minimum Gasteiger partial charge on any atom is -0.276 e. The molecular formula is C13H17F3N2O4S2. The molecule has 1 aliphatic rings. The van der Waals surface area contributed by atoms with Crippen molar-refractivity contribution in [2.45, 2.75) is 25.4 Å². The Morgan fingerprint density at radius 3 is 2.50 bits per heavy atom. The van der Waals surface area contributed by atoms with Crippen molar-refractivity contribution in [1.82, 2.24) is 4.31 Å². The van der Waals surface area contributed by atoms with Crippen molar-refractivity contribution in [1.29, 1.82) is 0 Å². The maximum atomic E-state index is 12.5. The summed E-state index contributed by atoms with van der Waals surface area (Å²) >= 11 is 0. The summed E-state index contributed by atoms with van der Waals surface area (Å²) in [6.45, 7) is 1.86. The molecule has 0 amide bonds. The average Bonchev–Trinajstić information content (AvgIpc) is 2.41. The lowest BCUT2D eigenvalue weighted by Gasteiger charge is -2.30. The average molecular weight is 386 g/mol. The van der Waals surface area contributed by atoms with E-state index in [1.165, 1.54) is 22.9 Å². The van der Waals surface area contributed by atoms with Crippen molar-refractivity contribution < 1.29 is 30.0 Å². The minimum atomic E-state index is -5.57.